The van der Waals surface area contributed by atoms with Gasteiger partial charge in [0.2, 0.25) is 0 Å². The van der Waals surface area contributed by atoms with Gasteiger partial charge in [0.1, 0.15) is 6.29 Å². The van der Waals surface area contributed by atoms with Crippen molar-refractivity contribution in [3.05, 3.63) is 11.6 Å². The van der Waals surface area contributed by atoms with Crippen molar-refractivity contribution in [3.63, 3.8) is 0 Å². The van der Waals surface area contributed by atoms with Crippen LogP contribution >= 0.6 is 0 Å². The molecular formula is C10H18O. The standard InChI is InChI=1S/C8H14.C2H4O/c1-3-8-6-4-5-7(8)2;1-2-3/h6-7H,3-5H2,1-2H3;2H,1H3. The Morgan fingerprint density at radius 2 is 2.27 bits per heavy atom. The lowest BCUT2D eigenvalue weighted by molar-refractivity contribution is -0.106. The van der Waals surface area contributed by atoms with Crippen LogP contribution in [0.15, 0.2) is 11.6 Å². The highest BCUT2D eigenvalue weighted by atomic mass is 16.1. The molecule has 0 aromatic rings. The summed E-state index contributed by atoms with van der Waals surface area (Å²) in [7, 11) is 0. The maximum Gasteiger partial charge on any atom is 0.116 e. The van der Waals surface area contributed by atoms with Gasteiger partial charge in [-0.3, -0.25) is 0 Å². The molecule has 1 unspecified atom stereocenters. The Hall–Kier alpha value is -0.590. The molecule has 1 heteroatoms. The van der Waals surface area contributed by atoms with E-state index in [0.717, 1.165) is 12.2 Å². The fourth-order valence-electron chi connectivity index (χ4n) is 1.40. The molecule has 11 heavy (non-hydrogen) atoms. The Balaban J connectivity index is 0.000000292. The van der Waals surface area contributed by atoms with Crippen molar-refractivity contribution >= 4 is 6.29 Å². The van der Waals surface area contributed by atoms with E-state index in [1.54, 1.807) is 5.57 Å². The molecule has 0 saturated carbocycles. The number of carbonyl (C=O) groups excluding carboxylic acids is 1. The first kappa shape index (κ1) is 10.4. The van der Waals surface area contributed by atoms with Crippen LogP contribution in [0.25, 0.3) is 0 Å². The summed E-state index contributed by atoms with van der Waals surface area (Å²) in [4.78, 5) is 8.81. The first-order valence-corrected chi connectivity index (χ1v) is 4.34. The van der Waals surface area contributed by atoms with Gasteiger partial charge >= 0.3 is 0 Å². The maximum atomic E-state index is 8.81. The van der Waals surface area contributed by atoms with Crippen LogP contribution in [0.4, 0.5) is 0 Å². The van der Waals surface area contributed by atoms with Crippen molar-refractivity contribution in [1.82, 2.24) is 0 Å². The van der Waals surface area contributed by atoms with E-state index in [1.165, 1.54) is 26.2 Å². The smallest absolute Gasteiger partial charge is 0.116 e. The molecule has 0 N–H and O–H groups in total. The van der Waals surface area contributed by atoms with Gasteiger partial charge < -0.3 is 4.79 Å². The summed E-state index contributed by atoms with van der Waals surface area (Å²) in [6, 6.07) is 0. The lowest BCUT2D eigenvalue weighted by Gasteiger charge is -2.03. The maximum absolute atomic E-state index is 8.81. The molecule has 64 valence electrons. The van der Waals surface area contributed by atoms with Gasteiger partial charge in [0, 0.05) is 0 Å². The van der Waals surface area contributed by atoms with Crippen LogP contribution in [0.1, 0.15) is 40.0 Å². The third-order valence-corrected chi connectivity index (χ3v) is 2.05. The number of hydrogen-bond donors (Lipinski definition) is 0. The number of aldehydes is 1. The molecule has 0 aromatic heterocycles. The summed E-state index contributed by atoms with van der Waals surface area (Å²) in [6.45, 7) is 6.01. The molecule has 0 aliphatic heterocycles. The number of allylic oxidation sites excluding steroid dienone is 2. The molecule has 1 rings (SSSR count). The predicted molar refractivity (Wildman–Crippen MR) is 48.5 cm³/mol. The van der Waals surface area contributed by atoms with Gasteiger partial charge in [-0.2, -0.15) is 0 Å². The van der Waals surface area contributed by atoms with Gasteiger partial charge in [-0.05, 0) is 32.1 Å². The summed E-state index contributed by atoms with van der Waals surface area (Å²) >= 11 is 0. The van der Waals surface area contributed by atoms with Crippen LogP contribution in [0.2, 0.25) is 0 Å². The van der Waals surface area contributed by atoms with Crippen molar-refractivity contribution in [2.75, 3.05) is 0 Å². The minimum absolute atomic E-state index is 0.750. The van der Waals surface area contributed by atoms with Crippen LogP contribution in [-0.2, 0) is 4.79 Å². The van der Waals surface area contributed by atoms with E-state index in [2.05, 4.69) is 19.9 Å². The van der Waals surface area contributed by atoms with Crippen molar-refractivity contribution in [1.29, 1.82) is 0 Å². The molecule has 0 fully saturated rings. The molecule has 1 aliphatic carbocycles. The van der Waals surface area contributed by atoms with Crippen LogP contribution in [-0.4, -0.2) is 6.29 Å². The summed E-state index contributed by atoms with van der Waals surface area (Å²) in [5.41, 5.74) is 1.67. The molecule has 0 spiro atoms. The normalized spacial score (nSPS) is 21.7. The fourth-order valence-corrected chi connectivity index (χ4v) is 1.40. The zero-order chi connectivity index (χ0) is 8.69. The van der Waals surface area contributed by atoms with Crippen LogP contribution in [0.5, 0.6) is 0 Å². The van der Waals surface area contributed by atoms with Gasteiger partial charge in [0.25, 0.3) is 0 Å². The zero-order valence-electron chi connectivity index (χ0n) is 7.76. The monoisotopic (exact) mass is 154 g/mol. The molecule has 0 aromatic carbocycles. The lowest BCUT2D eigenvalue weighted by atomic mass is 10.0. The highest BCUT2D eigenvalue weighted by Gasteiger charge is 2.10. The second kappa shape index (κ2) is 6.14. The van der Waals surface area contributed by atoms with Gasteiger partial charge in [-0.25, -0.2) is 0 Å². The Morgan fingerprint density at radius 1 is 1.73 bits per heavy atom. The summed E-state index contributed by atoms with van der Waals surface area (Å²) in [5, 5.41) is 0. The Kier molecular flexibility index (Phi) is 5.81. The SMILES string of the molecule is CC=O.CCC1=CCCC1C. The fraction of sp³-hybridized carbons (Fsp3) is 0.700. The van der Waals surface area contributed by atoms with Crippen molar-refractivity contribution in [2.24, 2.45) is 5.92 Å². The largest absolute Gasteiger partial charge is 0.304 e. The second-order valence-corrected chi connectivity index (χ2v) is 2.85. The van der Waals surface area contributed by atoms with Gasteiger partial charge in [0.05, 0.1) is 0 Å². The van der Waals surface area contributed by atoms with E-state index in [4.69, 9.17) is 4.79 Å². The predicted octanol–water partition coefficient (Wildman–Crippen LogP) is 2.96. The average molecular weight is 154 g/mol. The third-order valence-electron chi connectivity index (χ3n) is 2.05. The number of carbonyl (C=O) groups is 1. The van der Waals surface area contributed by atoms with Crippen molar-refractivity contribution in [2.45, 2.75) is 40.0 Å². The first-order chi connectivity index (χ1) is 5.26. The van der Waals surface area contributed by atoms with Crippen LogP contribution < -0.4 is 0 Å². The topological polar surface area (TPSA) is 17.1 Å². The van der Waals surface area contributed by atoms with E-state index in [1.807, 2.05) is 0 Å². The van der Waals surface area contributed by atoms with Crippen LogP contribution in [0, 0.1) is 5.92 Å². The van der Waals surface area contributed by atoms with Crippen LogP contribution in [0.3, 0.4) is 0 Å². The van der Waals surface area contributed by atoms with Gasteiger partial charge in [-0.1, -0.05) is 25.5 Å². The molecule has 1 nitrogen and oxygen atoms in total. The molecular weight excluding hydrogens is 136 g/mol. The summed E-state index contributed by atoms with van der Waals surface area (Å²) < 4.78 is 0. The van der Waals surface area contributed by atoms with E-state index >= 15 is 0 Å². The van der Waals surface area contributed by atoms with Crippen molar-refractivity contribution < 1.29 is 4.79 Å². The molecule has 0 radical (unpaired) electrons. The van der Waals surface area contributed by atoms with Gasteiger partial charge in [-0.15, -0.1) is 0 Å². The molecule has 0 heterocycles. The zero-order valence-corrected chi connectivity index (χ0v) is 7.76. The highest BCUT2D eigenvalue weighted by Crippen LogP contribution is 2.26. The molecule has 0 amide bonds. The molecule has 1 atom stereocenters. The van der Waals surface area contributed by atoms with Gasteiger partial charge in [0.15, 0.2) is 0 Å². The van der Waals surface area contributed by atoms with E-state index in [9.17, 15) is 0 Å². The molecule has 0 saturated heterocycles. The van der Waals surface area contributed by atoms with E-state index < -0.39 is 0 Å². The van der Waals surface area contributed by atoms with Crippen molar-refractivity contribution in [3.8, 4) is 0 Å². The Bertz CT molecular complexity index is 136. The second-order valence-electron chi connectivity index (χ2n) is 2.85. The Morgan fingerprint density at radius 3 is 2.45 bits per heavy atom. The molecule has 1 aliphatic rings. The number of rotatable bonds is 1. The summed E-state index contributed by atoms with van der Waals surface area (Å²) in [6.07, 6.45) is 7.12. The summed E-state index contributed by atoms with van der Waals surface area (Å²) in [5.74, 6) is 0.889. The first-order valence-electron chi connectivity index (χ1n) is 4.34. The third kappa shape index (κ3) is 3.97. The Labute approximate surface area is 69.5 Å². The average Bonchev–Trinajstić information content (AvgIpc) is 2.36. The minimum atomic E-state index is 0.750. The van der Waals surface area contributed by atoms with E-state index in [0.29, 0.717) is 0 Å². The quantitative estimate of drug-likeness (QED) is 0.419. The minimum Gasteiger partial charge on any atom is -0.304 e. The number of hydrogen-bond acceptors (Lipinski definition) is 1. The molecule has 0 bridgehead atoms. The highest BCUT2D eigenvalue weighted by molar-refractivity contribution is 5.44. The van der Waals surface area contributed by atoms with E-state index in [-0.39, 0.29) is 0 Å². The lowest BCUT2D eigenvalue weighted by Crippen LogP contribution is -1.89.